The van der Waals surface area contributed by atoms with Crippen LogP contribution in [0, 0.1) is 6.92 Å². The van der Waals surface area contributed by atoms with Crippen molar-refractivity contribution in [2.45, 2.75) is 24.7 Å². The Morgan fingerprint density at radius 1 is 1.00 bits per heavy atom. The molecule has 0 amide bonds. The van der Waals surface area contributed by atoms with E-state index < -0.39 is 10.0 Å². The molecule has 0 aliphatic carbocycles. The van der Waals surface area contributed by atoms with Crippen LogP contribution in [0.4, 0.5) is 0 Å². The maximum Gasteiger partial charge on any atom is 0.240 e. The zero-order valence-electron chi connectivity index (χ0n) is 11.5. The first-order valence-electron chi connectivity index (χ1n) is 6.68. The number of benzene rings is 2. The Bertz CT molecular complexity index is 651. The number of hydrogen-bond donors (Lipinski definition) is 1. The van der Waals surface area contributed by atoms with Gasteiger partial charge < -0.3 is 0 Å². The van der Waals surface area contributed by atoms with Gasteiger partial charge >= 0.3 is 0 Å². The van der Waals surface area contributed by atoms with Gasteiger partial charge in [-0.1, -0.05) is 42.5 Å². The van der Waals surface area contributed by atoms with Gasteiger partial charge in [-0.25, -0.2) is 13.1 Å². The Balaban J connectivity index is 1.87. The quantitative estimate of drug-likeness (QED) is 0.831. The highest BCUT2D eigenvalue weighted by Crippen LogP contribution is 2.10. The van der Waals surface area contributed by atoms with E-state index in [-0.39, 0.29) is 0 Å². The molecule has 0 bridgehead atoms. The van der Waals surface area contributed by atoms with E-state index in [0.717, 1.165) is 18.4 Å². The minimum atomic E-state index is -3.39. The van der Waals surface area contributed by atoms with Crippen molar-refractivity contribution in [2.75, 3.05) is 6.54 Å². The SMILES string of the molecule is Cc1cccc(S(=O)(=O)NCCCc2ccccc2)c1. The molecule has 2 aromatic rings. The summed E-state index contributed by atoms with van der Waals surface area (Å²) in [4.78, 5) is 0.331. The highest BCUT2D eigenvalue weighted by atomic mass is 32.2. The summed E-state index contributed by atoms with van der Waals surface area (Å²) in [5.41, 5.74) is 2.17. The molecule has 0 aliphatic heterocycles. The number of aryl methyl sites for hydroxylation is 2. The Hall–Kier alpha value is -1.65. The molecule has 20 heavy (non-hydrogen) atoms. The minimum Gasteiger partial charge on any atom is -0.211 e. The smallest absolute Gasteiger partial charge is 0.211 e. The van der Waals surface area contributed by atoms with Crippen LogP contribution < -0.4 is 4.72 Å². The lowest BCUT2D eigenvalue weighted by Gasteiger charge is -2.07. The zero-order chi connectivity index (χ0) is 14.4. The van der Waals surface area contributed by atoms with E-state index in [2.05, 4.69) is 16.9 Å². The molecule has 0 saturated heterocycles. The Labute approximate surface area is 120 Å². The predicted octanol–water partition coefficient (Wildman–Crippen LogP) is 2.91. The summed E-state index contributed by atoms with van der Waals surface area (Å²) in [6.07, 6.45) is 1.66. The summed E-state index contributed by atoms with van der Waals surface area (Å²) >= 11 is 0. The van der Waals surface area contributed by atoms with Crippen molar-refractivity contribution in [1.82, 2.24) is 4.72 Å². The maximum absolute atomic E-state index is 12.1. The van der Waals surface area contributed by atoms with E-state index in [1.165, 1.54) is 5.56 Å². The highest BCUT2D eigenvalue weighted by molar-refractivity contribution is 7.89. The van der Waals surface area contributed by atoms with Gasteiger partial charge in [-0.2, -0.15) is 0 Å². The molecule has 2 aromatic carbocycles. The molecule has 0 unspecified atom stereocenters. The van der Waals surface area contributed by atoms with Crippen molar-refractivity contribution in [1.29, 1.82) is 0 Å². The van der Waals surface area contributed by atoms with Gasteiger partial charge in [-0.05, 0) is 43.0 Å². The van der Waals surface area contributed by atoms with E-state index >= 15 is 0 Å². The number of sulfonamides is 1. The Kier molecular flexibility index (Phi) is 4.93. The van der Waals surface area contributed by atoms with Gasteiger partial charge in [0.25, 0.3) is 0 Å². The van der Waals surface area contributed by atoms with Crippen LogP contribution in [-0.2, 0) is 16.4 Å². The normalized spacial score (nSPS) is 11.4. The number of nitrogens with one attached hydrogen (secondary N) is 1. The molecular weight excluding hydrogens is 270 g/mol. The maximum atomic E-state index is 12.1. The summed E-state index contributed by atoms with van der Waals surface area (Å²) in [6.45, 7) is 2.33. The van der Waals surface area contributed by atoms with Crippen LogP contribution in [0.25, 0.3) is 0 Å². The van der Waals surface area contributed by atoms with E-state index in [9.17, 15) is 8.42 Å². The second-order valence-corrected chi connectivity index (χ2v) is 6.57. The average Bonchev–Trinajstić information content (AvgIpc) is 2.45. The summed E-state index contributed by atoms with van der Waals surface area (Å²) in [5.74, 6) is 0. The highest BCUT2D eigenvalue weighted by Gasteiger charge is 2.12. The third kappa shape index (κ3) is 4.18. The molecule has 0 spiro atoms. The fraction of sp³-hybridized carbons (Fsp3) is 0.250. The predicted molar refractivity (Wildman–Crippen MR) is 81.1 cm³/mol. The topological polar surface area (TPSA) is 46.2 Å². The van der Waals surface area contributed by atoms with Crippen LogP contribution >= 0.6 is 0 Å². The second-order valence-electron chi connectivity index (χ2n) is 4.80. The zero-order valence-corrected chi connectivity index (χ0v) is 12.4. The van der Waals surface area contributed by atoms with Gasteiger partial charge in [0.2, 0.25) is 10.0 Å². The first-order valence-corrected chi connectivity index (χ1v) is 8.16. The van der Waals surface area contributed by atoms with Crippen molar-refractivity contribution >= 4 is 10.0 Å². The number of rotatable bonds is 6. The summed E-state index contributed by atoms with van der Waals surface area (Å²) in [5, 5.41) is 0. The van der Waals surface area contributed by atoms with Gasteiger partial charge in [0.1, 0.15) is 0 Å². The average molecular weight is 289 g/mol. The monoisotopic (exact) mass is 289 g/mol. The van der Waals surface area contributed by atoms with Crippen LogP contribution in [0.15, 0.2) is 59.5 Å². The fourth-order valence-electron chi connectivity index (χ4n) is 2.01. The molecule has 0 radical (unpaired) electrons. The molecule has 106 valence electrons. The van der Waals surface area contributed by atoms with Crippen molar-refractivity contribution in [3.63, 3.8) is 0 Å². The molecule has 0 fully saturated rings. The first kappa shape index (κ1) is 14.8. The van der Waals surface area contributed by atoms with Crippen molar-refractivity contribution < 1.29 is 8.42 Å². The third-order valence-electron chi connectivity index (χ3n) is 3.08. The van der Waals surface area contributed by atoms with Gasteiger partial charge in [0.15, 0.2) is 0 Å². The lowest BCUT2D eigenvalue weighted by Crippen LogP contribution is -2.25. The van der Waals surface area contributed by atoms with Crippen LogP contribution in [0.2, 0.25) is 0 Å². The summed E-state index contributed by atoms with van der Waals surface area (Å²) < 4.78 is 26.8. The van der Waals surface area contributed by atoms with Gasteiger partial charge in [-0.15, -0.1) is 0 Å². The number of hydrogen-bond acceptors (Lipinski definition) is 2. The molecule has 0 saturated carbocycles. The van der Waals surface area contributed by atoms with E-state index in [4.69, 9.17) is 0 Å². The van der Waals surface area contributed by atoms with Crippen LogP contribution in [0.3, 0.4) is 0 Å². The van der Waals surface area contributed by atoms with E-state index in [1.54, 1.807) is 18.2 Å². The lowest BCUT2D eigenvalue weighted by molar-refractivity contribution is 0.579. The fourth-order valence-corrected chi connectivity index (χ4v) is 3.19. The van der Waals surface area contributed by atoms with Gasteiger partial charge in [0.05, 0.1) is 4.90 Å². The lowest BCUT2D eigenvalue weighted by atomic mass is 10.1. The standard InChI is InChI=1S/C16H19NO2S/c1-14-7-5-11-16(13-14)20(18,19)17-12-6-10-15-8-3-2-4-9-15/h2-5,7-9,11,13,17H,6,10,12H2,1H3. The summed E-state index contributed by atoms with van der Waals surface area (Å²) in [6, 6.07) is 17.0. The van der Waals surface area contributed by atoms with Crippen LogP contribution in [-0.4, -0.2) is 15.0 Å². The Morgan fingerprint density at radius 3 is 2.45 bits per heavy atom. The molecule has 0 atom stereocenters. The molecule has 4 heteroatoms. The Morgan fingerprint density at radius 2 is 1.75 bits per heavy atom. The molecule has 2 rings (SSSR count). The van der Waals surface area contributed by atoms with Gasteiger partial charge in [0, 0.05) is 6.54 Å². The van der Waals surface area contributed by atoms with E-state index in [1.807, 2.05) is 31.2 Å². The molecule has 1 N–H and O–H groups in total. The molecule has 0 aliphatic rings. The summed E-state index contributed by atoms with van der Waals surface area (Å²) in [7, 11) is -3.39. The molecular formula is C16H19NO2S. The molecule has 0 aromatic heterocycles. The molecule has 0 heterocycles. The minimum absolute atomic E-state index is 0.331. The van der Waals surface area contributed by atoms with Crippen molar-refractivity contribution in [3.8, 4) is 0 Å². The van der Waals surface area contributed by atoms with Crippen LogP contribution in [0.1, 0.15) is 17.5 Å². The van der Waals surface area contributed by atoms with Crippen LogP contribution in [0.5, 0.6) is 0 Å². The van der Waals surface area contributed by atoms with E-state index in [0.29, 0.717) is 11.4 Å². The largest absolute Gasteiger partial charge is 0.240 e. The molecule has 3 nitrogen and oxygen atoms in total. The van der Waals surface area contributed by atoms with Crippen molar-refractivity contribution in [3.05, 3.63) is 65.7 Å². The first-order chi connectivity index (χ1) is 9.58. The second kappa shape index (κ2) is 6.68. The van der Waals surface area contributed by atoms with Gasteiger partial charge in [-0.3, -0.25) is 0 Å². The third-order valence-corrected chi connectivity index (χ3v) is 4.54. The van der Waals surface area contributed by atoms with Crippen molar-refractivity contribution in [2.24, 2.45) is 0 Å².